The minimum atomic E-state index is 0.00489. The quantitative estimate of drug-likeness (QED) is 0.162. The minimum absolute atomic E-state index is 0.00489. The smallest absolute Gasteiger partial charge is 0.135 e. The Morgan fingerprint density at radius 3 is 1.33 bits per heavy atom. The molecule has 0 aliphatic carbocycles. The van der Waals surface area contributed by atoms with Crippen LogP contribution in [-0.2, 0) is 5.41 Å². The summed E-state index contributed by atoms with van der Waals surface area (Å²) in [6.45, 7) is 11.4. The molecule has 0 saturated heterocycles. The van der Waals surface area contributed by atoms with E-state index in [2.05, 4.69) is 232 Å². The topological polar surface area (TPSA) is 15.7 Å². The lowest BCUT2D eigenvalue weighted by Crippen LogP contribution is -2.16. The molecule has 1 aliphatic rings. The second-order valence-electron chi connectivity index (χ2n) is 17.5. The predicted molar refractivity (Wildman–Crippen MR) is 259 cm³/mol. The van der Waals surface area contributed by atoms with Gasteiger partial charge in [-0.1, -0.05) is 154 Å². The Labute approximate surface area is 358 Å². The summed E-state index contributed by atoms with van der Waals surface area (Å²) in [6, 6.07) is 68.9. The zero-order valence-corrected chi connectivity index (χ0v) is 35.2. The zero-order valence-electron chi connectivity index (χ0n) is 35.2. The molecule has 1 aliphatic heterocycles. The molecule has 10 aromatic rings. The second kappa shape index (κ2) is 14.1. The summed E-state index contributed by atoms with van der Waals surface area (Å²) in [4.78, 5) is 4.96. The van der Waals surface area contributed by atoms with E-state index in [1.54, 1.807) is 0 Å². The maximum absolute atomic E-state index is 6.97. The maximum atomic E-state index is 6.97. The summed E-state index contributed by atoms with van der Waals surface area (Å²) in [6.07, 6.45) is 0. The number of aryl methyl sites for hydroxylation is 2. The van der Waals surface area contributed by atoms with E-state index in [1.807, 2.05) is 0 Å². The fourth-order valence-corrected chi connectivity index (χ4v) is 9.46. The monoisotopic (exact) mass is 786 g/mol. The van der Waals surface area contributed by atoms with Crippen molar-refractivity contribution in [3.63, 3.8) is 0 Å². The molecule has 294 valence electrons. The summed E-state index contributed by atoms with van der Waals surface area (Å²) < 4.78 is 6.97. The Hall–Kier alpha value is -7.36. The van der Waals surface area contributed by atoms with Gasteiger partial charge in [0.05, 0.1) is 11.4 Å². The summed E-state index contributed by atoms with van der Waals surface area (Å²) in [7, 11) is 0. The number of anilines is 6. The largest absolute Gasteiger partial charge is 0.456 e. The van der Waals surface area contributed by atoms with Crippen LogP contribution in [0.25, 0.3) is 54.6 Å². The summed E-state index contributed by atoms with van der Waals surface area (Å²) >= 11 is 0. The zero-order chi connectivity index (χ0) is 41.4. The molecule has 1 heterocycles. The van der Waals surface area contributed by atoms with Gasteiger partial charge in [-0.25, -0.2) is 0 Å². The first-order valence-electron chi connectivity index (χ1n) is 21.3. The van der Waals surface area contributed by atoms with Gasteiger partial charge in [-0.2, -0.15) is 0 Å². The molecule has 0 N–H and O–H groups in total. The highest BCUT2D eigenvalue weighted by atomic mass is 16.5. The number of ether oxygens (including phenoxy) is 1. The van der Waals surface area contributed by atoms with Crippen LogP contribution >= 0.6 is 0 Å². The molecule has 11 rings (SSSR count). The molecule has 0 spiro atoms. The van der Waals surface area contributed by atoms with Crippen molar-refractivity contribution in [1.29, 1.82) is 0 Å². The van der Waals surface area contributed by atoms with E-state index >= 15 is 0 Å². The van der Waals surface area contributed by atoms with Gasteiger partial charge in [-0.15, -0.1) is 0 Å². The van der Waals surface area contributed by atoms with E-state index in [-0.39, 0.29) is 5.41 Å². The fraction of sp³-hybridized carbons (Fsp3) is 0.103. The highest BCUT2D eigenvalue weighted by Crippen LogP contribution is 2.52. The van der Waals surface area contributed by atoms with Crippen molar-refractivity contribution in [3.05, 3.63) is 205 Å². The summed E-state index contributed by atoms with van der Waals surface area (Å²) in [5, 5.41) is 7.47. The van der Waals surface area contributed by atoms with Gasteiger partial charge in [0.1, 0.15) is 11.5 Å². The first-order chi connectivity index (χ1) is 29.7. The van der Waals surface area contributed by atoms with Crippen molar-refractivity contribution >= 4 is 66.4 Å². The van der Waals surface area contributed by atoms with Crippen LogP contribution in [-0.4, -0.2) is 0 Å². The van der Waals surface area contributed by atoms with Crippen LogP contribution < -0.4 is 14.5 Å². The number of hydrogen-bond acceptors (Lipinski definition) is 3. The average Bonchev–Trinajstić information content (AvgIpc) is 3.27. The first kappa shape index (κ1) is 36.7. The second-order valence-corrected chi connectivity index (χ2v) is 17.5. The fourth-order valence-electron chi connectivity index (χ4n) is 9.46. The van der Waals surface area contributed by atoms with Crippen LogP contribution in [0, 0.1) is 13.8 Å². The van der Waals surface area contributed by atoms with Crippen LogP contribution in [0.3, 0.4) is 0 Å². The van der Waals surface area contributed by atoms with Gasteiger partial charge in [-0.3, -0.25) is 0 Å². The number of hydrogen-bond donors (Lipinski definition) is 0. The van der Waals surface area contributed by atoms with Crippen LogP contribution in [0.1, 0.15) is 37.5 Å². The molecular formula is C58H46N2O. The predicted octanol–water partition coefficient (Wildman–Crippen LogP) is 16.9. The highest BCUT2D eigenvalue weighted by molar-refractivity contribution is 6.29. The van der Waals surface area contributed by atoms with Gasteiger partial charge in [0, 0.05) is 50.0 Å². The molecule has 10 aromatic carbocycles. The number of benzene rings is 10. The van der Waals surface area contributed by atoms with Crippen LogP contribution in [0.15, 0.2) is 188 Å². The third-order valence-electron chi connectivity index (χ3n) is 12.6. The average molecular weight is 787 g/mol. The number of para-hydroxylation sites is 4. The molecule has 6 bridgehead atoms. The normalized spacial score (nSPS) is 12.7. The molecule has 0 fully saturated rings. The van der Waals surface area contributed by atoms with Crippen LogP contribution in [0.4, 0.5) is 34.1 Å². The molecule has 0 saturated carbocycles. The van der Waals surface area contributed by atoms with Gasteiger partial charge in [-0.05, 0) is 118 Å². The highest BCUT2D eigenvalue weighted by Gasteiger charge is 2.27. The first-order valence-corrected chi connectivity index (χ1v) is 21.3. The van der Waals surface area contributed by atoms with Crippen LogP contribution in [0.5, 0.6) is 11.5 Å². The Balaban J connectivity index is 1.34. The third kappa shape index (κ3) is 6.11. The van der Waals surface area contributed by atoms with Crippen molar-refractivity contribution in [2.45, 2.75) is 40.0 Å². The van der Waals surface area contributed by atoms with E-state index in [9.17, 15) is 0 Å². The van der Waals surface area contributed by atoms with Crippen molar-refractivity contribution in [2.75, 3.05) is 9.80 Å². The molecule has 3 heteroatoms. The lowest BCUT2D eigenvalue weighted by Gasteiger charge is -2.34. The van der Waals surface area contributed by atoms with E-state index < -0.39 is 0 Å². The van der Waals surface area contributed by atoms with Crippen LogP contribution in [0.2, 0.25) is 0 Å². The van der Waals surface area contributed by atoms with Crippen molar-refractivity contribution in [2.24, 2.45) is 0 Å². The minimum Gasteiger partial charge on any atom is -0.456 e. The van der Waals surface area contributed by atoms with Crippen molar-refractivity contribution in [3.8, 4) is 33.8 Å². The molecule has 3 nitrogen and oxygen atoms in total. The third-order valence-corrected chi connectivity index (χ3v) is 12.6. The van der Waals surface area contributed by atoms with E-state index in [1.165, 1.54) is 49.0 Å². The van der Waals surface area contributed by atoms with Gasteiger partial charge in [0.15, 0.2) is 0 Å². The van der Waals surface area contributed by atoms with E-state index in [4.69, 9.17) is 4.74 Å². The van der Waals surface area contributed by atoms with Gasteiger partial charge >= 0.3 is 0 Å². The Kier molecular flexibility index (Phi) is 8.51. The number of fused-ring (bicyclic) bond motifs is 12. The summed E-state index contributed by atoms with van der Waals surface area (Å²) in [5.74, 6) is 1.61. The summed E-state index contributed by atoms with van der Waals surface area (Å²) in [5.41, 5.74) is 14.5. The molecule has 0 unspecified atom stereocenters. The molecule has 61 heavy (non-hydrogen) atoms. The van der Waals surface area contributed by atoms with Crippen molar-refractivity contribution < 1.29 is 4.74 Å². The lowest BCUT2D eigenvalue weighted by atomic mass is 9.83. The SMILES string of the molecule is Cc1ccccc1N1c2cccc(c2)-c2ccccc2Oc2ccccc2-c2cccc(c2)N(c2ccccc2C)c2cc1c1ccc3cc(C(C)(C)C)cc4ccc2c1c34. The number of rotatable bonds is 2. The van der Waals surface area contributed by atoms with Crippen molar-refractivity contribution in [1.82, 2.24) is 0 Å². The number of nitrogens with zero attached hydrogens (tertiary/aromatic N) is 2. The van der Waals surface area contributed by atoms with E-state index in [0.29, 0.717) is 0 Å². The van der Waals surface area contributed by atoms with Gasteiger partial charge < -0.3 is 14.5 Å². The standard InChI is InChI=1S/C58H46N2O/c1-37-16-6-10-24-50(37)59-44-20-14-18-39(34-44)46-22-8-12-26-54(46)61-55-27-13-9-23-47(55)40-19-15-21-45(35-40)60(51-25-11-7-17-38(51)2)53-36-52(59)48-30-28-41-32-43(58(3,4)5)33-42-29-31-49(53)57(48)56(41)42/h6-36H,1-5H3. The lowest BCUT2D eigenvalue weighted by molar-refractivity contribution is 0.486. The molecular weight excluding hydrogens is 741 g/mol. The molecule has 0 atom stereocenters. The Morgan fingerprint density at radius 1 is 0.393 bits per heavy atom. The Bertz CT molecular complexity index is 3110. The van der Waals surface area contributed by atoms with Gasteiger partial charge in [0.2, 0.25) is 0 Å². The molecule has 0 amide bonds. The Morgan fingerprint density at radius 2 is 0.852 bits per heavy atom. The maximum Gasteiger partial charge on any atom is 0.135 e. The molecule has 0 aromatic heterocycles. The molecule has 0 radical (unpaired) electrons. The van der Waals surface area contributed by atoms with Gasteiger partial charge in [0.25, 0.3) is 0 Å². The van der Waals surface area contributed by atoms with E-state index in [0.717, 1.165) is 67.9 Å².